The molecule has 0 fully saturated rings. The summed E-state index contributed by atoms with van der Waals surface area (Å²) in [5.41, 5.74) is 2.43. The van der Waals surface area contributed by atoms with Gasteiger partial charge < -0.3 is 5.32 Å². The first-order chi connectivity index (χ1) is 9.36. The summed E-state index contributed by atoms with van der Waals surface area (Å²) in [4.78, 5) is 4.55. The summed E-state index contributed by atoms with van der Waals surface area (Å²) < 4.78 is 0. The highest BCUT2D eigenvalue weighted by atomic mass is 14.9. The predicted molar refractivity (Wildman–Crippen MR) is 82.2 cm³/mol. The Labute approximate surface area is 115 Å². The molecule has 2 nitrogen and oxygen atoms in total. The van der Waals surface area contributed by atoms with Crippen molar-refractivity contribution in [1.82, 2.24) is 10.3 Å². The lowest BCUT2D eigenvalue weighted by Gasteiger charge is -2.19. The van der Waals surface area contributed by atoms with E-state index >= 15 is 0 Å². The minimum absolute atomic E-state index is 0.378. The number of unbranched alkanes of at least 4 members (excludes halogenated alkanes) is 1. The number of allylic oxidation sites excluding steroid dienone is 1. The summed E-state index contributed by atoms with van der Waals surface area (Å²) in [5.74, 6) is 0. The fraction of sp³-hybridized carbons (Fsp3) is 0.353. The molecule has 0 aliphatic heterocycles. The van der Waals surface area contributed by atoms with Crippen LogP contribution in [0.15, 0.2) is 49.2 Å². The zero-order valence-electron chi connectivity index (χ0n) is 11.6. The van der Waals surface area contributed by atoms with E-state index in [1.54, 1.807) is 0 Å². The van der Waals surface area contributed by atoms with Gasteiger partial charge >= 0.3 is 0 Å². The highest BCUT2D eigenvalue weighted by Gasteiger charge is 2.13. The first-order valence-electron chi connectivity index (χ1n) is 7.04. The molecule has 1 N–H and O–H groups in total. The van der Waals surface area contributed by atoms with Gasteiger partial charge in [0.2, 0.25) is 0 Å². The van der Waals surface area contributed by atoms with E-state index in [4.69, 9.17) is 0 Å². The molecule has 2 rings (SSSR count). The van der Waals surface area contributed by atoms with Gasteiger partial charge in [-0.25, -0.2) is 0 Å². The molecule has 1 aromatic heterocycles. The standard InChI is InChI=1S/C17H22N2/c1-3-5-6-12-16(18-4-2)15-11-7-9-14-10-8-13-19-17(14)15/h3,7-11,13,16,18H,1,4-6,12H2,2H3. The number of benzene rings is 1. The van der Waals surface area contributed by atoms with Gasteiger partial charge in [-0.1, -0.05) is 37.3 Å². The Balaban J connectivity index is 2.29. The van der Waals surface area contributed by atoms with Crippen molar-refractivity contribution in [3.63, 3.8) is 0 Å². The van der Waals surface area contributed by atoms with Gasteiger partial charge in [0.1, 0.15) is 0 Å². The van der Waals surface area contributed by atoms with E-state index in [2.05, 4.69) is 48.1 Å². The van der Waals surface area contributed by atoms with Crippen molar-refractivity contribution in [2.45, 2.75) is 32.2 Å². The van der Waals surface area contributed by atoms with Crippen molar-refractivity contribution in [2.75, 3.05) is 6.54 Å². The zero-order chi connectivity index (χ0) is 13.5. The lowest BCUT2D eigenvalue weighted by molar-refractivity contribution is 0.502. The largest absolute Gasteiger partial charge is 0.310 e. The Morgan fingerprint density at radius 2 is 2.16 bits per heavy atom. The summed E-state index contributed by atoms with van der Waals surface area (Å²) in [5, 5.41) is 4.79. The van der Waals surface area contributed by atoms with Gasteiger partial charge in [0.05, 0.1) is 5.52 Å². The maximum atomic E-state index is 4.55. The van der Waals surface area contributed by atoms with Crippen LogP contribution >= 0.6 is 0 Å². The normalized spacial score (nSPS) is 12.5. The minimum Gasteiger partial charge on any atom is -0.310 e. The van der Waals surface area contributed by atoms with Crippen LogP contribution < -0.4 is 5.32 Å². The number of hydrogen-bond acceptors (Lipinski definition) is 2. The van der Waals surface area contributed by atoms with Crippen LogP contribution in [-0.2, 0) is 0 Å². The molecule has 0 saturated carbocycles. The van der Waals surface area contributed by atoms with Crippen LogP contribution in [0.3, 0.4) is 0 Å². The highest BCUT2D eigenvalue weighted by Crippen LogP contribution is 2.26. The van der Waals surface area contributed by atoms with Crippen molar-refractivity contribution in [1.29, 1.82) is 0 Å². The van der Waals surface area contributed by atoms with E-state index in [0.29, 0.717) is 6.04 Å². The summed E-state index contributed by atoms with van der Waals surface area (Å²) in [7, 11) is 0. The second-order valence-electron chi connectivity index (χ2n) is 4.75. The van der Waals surface area contributed by atoms with Gasteiger partial charge in [-0.05, 0) is 37.4 Å². The number of para-hydroxylation sites is 1. The number of aromatic nitrogens is 1. The van der Waals surface area contributed by atoms with Crippen molar-refractivity contribution >= 4 is 10.9 Å². The summed E-state index contributed by atoms with van der Waals surface area (Å²) in [6.07, 6.45) is 7.21. The topological polar surface area (TPSA) is 24.9 Å². The van der Waals surface area contributed by atoms with Gasteiger partial charge in [-0.2, -0.15) is 0 Å². The van der Waals surface area contributed by atoms with Crippen LogP contribution in [0.4, 0.5) is 0 Å². The third kappa shape index (κ3) is 3.42. The van der Waals surface area contributed by atoms with Crippen molar-refractivity contribution in [2.24, 2.45) is 0 Å². The number of rotatable bonds is 7. The van der Waals surface area contributed by atoms with Crippen molar-refractivity contribution < 1.29 is 0 Å². The molecule has 2 heteroatoms. The van der Waals surface area contributed by atoms with Crippen molar-refractivity contribution in [3.8, 4) is 0 Å². The SMILES string of the molecule is C=CCCCC(NCC)c1cccc2cccnc12. The lowest BCUT2D eigenvalue weighted by atomic mass is 9.98. The summed E-state index contributed by atoms with van der Waals surface area (Å²) >= 11 is 0. The molecule has 1 atom stereocenters. The molecule has 2 aromatic rings. The minimum atomic E-state index is 0.378. The molecule has 1 aromatic carbocycles. The van der Waals surface area contributed by atoms with E-state index in [-0.39, 0.29) is 0 Å². The Bertz CT molecular complexity index is 528. The van der Waals surface area contributed by atoms with Crippen LogP contribution in [0.5, 0.6) is 0 Å². The molecule has 0 bridgehead atoms. The summed E-state index contributed by atoms with van der Waals surface area (Å²) in [6, 6.07) is 10.9. The molecule has 100 valence electrons. The van der Waals surface area contributed by atoms with Gasteiger partial charge in [0.15, 0.2) is 0 Å². The van der Waals surface area contributed by atoms with Gasteiger partial charge in [0.25, 0.3) is 0 Å². The monoisotopic (exact) mass is 254 g/mol. The number of hydrogen-bond donors (Lipinski definition) is 1. The number of nitrogens with zero attached hydrogens (tertiary/aromatic N) is 1. The Morgan fingerprint density at radius 3 is 2.95 bits per heavy atom. The summed E-state index contributed by atoms with van der Waals surface area (Å²) in [6.45, 7) is 6.92. The molecule has 0 aliphatic rings. The van der Waals surface area contributed by atoms with Gasteiger partial charge in [0, 0.05) is 17.6 Å². The fourth-order valence-electron chi connectivity index (χ4n) is 2.49. The Hall–Kier alpha value is -1.67. The van der Waals surface area contributed by atoms with Gasteiger partial charge in [-0.15, -0.1) is 6.58 Å². The number of fused-ring (bicyclic) bond motifs is 1. The maximum Gasteiger partial charge on any atom is 0.0749 e. The molecule has 0 aliphatic carbocycles. The molecule has 0 spiro atoms. The molecule has 0 radical (unpaired) electrons. The Morgan fingerprint density at radius 1 is 1.32 bits per heavy atom. The smallest absolute Gasteiger partial charge is 0.0749 e. The molecular weight excluding hydrogens is 232 g/mol. The quantitative estimate of drug-likeness (QED) is 0.590. The molecule has 19 heavy (non-hydrogen) atoms. The van der Waals surface area contributed by atoms with Crippen LogP contribution in [0.1, 0.15) is 37.8 Å². The molecular formula is C17H22N2. The molecule has 1 unspecified atom stereocenters. The first kappa shape index (κ1) is 13.8. The van der Waals surface area contributed by atoms with E-state index in [1.807, 2.05) is 18.3 Å². The first-order valence-corrected chi connectivity index (χ1v) is 7.04. The molecule has 1 heterocycles. The predicted octanol–water partition coefficient (Wildman–Crippen LogP) is 4.24. The average molecular weight is 254 g/mol. The average Bonchev–Trinajstić information content (AvgIpc) is 2.46. The second-order valence-corrected chi connectivity index (χ2v) is 4.75. The number of pyridine rings is 1. The van der Waals surface area contributed by atoms with Crippen LogP contribution in [0, 0.1) is 0 Å². The zero-order valence-corrected chi connectivity index (χ0v) is 11.6. The third-order valence-electron chi connectivity index (χ3n) is 3.39. The Kier molecular flexibility index (Phi) is 5.10. The van der Waals surface area contributed by atoms with Gasteiger partial charge in [-0.3, -0.25) is 4.98 Å². The fourth-order valence-corrected chi connectivity index (χ4v) is 2.49. The lowest BCUT2D eigenvalue weighted by Crippen LogP contribution is -2.21. The molecule has 0 saturated heterocycles. The maximum absolute atomic E-state index is 4.55. The van der Waals surface area contributed by atoms with E-state index < -0.39 is 0 Å². The van der Waals surface area contributed by atoms with E-state index in [0.717, 1.165) is 31.3 Å². The van der Waals surface area contributed by atoms with Crippen LogP contribution in [-0.4, -0.2) is 11.5 Å². The molecule has 0 amide bonds. The highest BCUT2D eigenvalue weighted by molar-refractivity contribution is 5.81. The van der Waals surface area contributed by atoms with Crippen molar-refractivity contribution in [3.05, 3.63) is 54.7 Å². The second kappa shape index (κ2) is 7.05. The van der Waals surface area contributed by atoms with Crippen LogP contribution in [0.25, 0.3) is 10.9 Å². The van der Waals surface area contributed by atoms with Crippen LogP contribution in [0.2, 0.25) is 0 Å². The number of nitrogens with one attached hydrogen (secondary N) is 1. The third-order valence-corrected chi connectivity index (χ3v) is 3.39. The van der Waals surface area contributed by atoms with E-state index in [1.165, 1.54) is 10.9 Å². The van der Waals surface area contributed by atoms with E-state index in [9.17, 15) is 0 Å².